The molecule has 0 bridgehead atoms. The van der Waals surface area contributed by atoms with E-state index in [1.807, 2.05) is 17.0 Å². The Kier molecular flexibility index (Phi) is 5.60. The van der Waals surface area contributed by atoms with E-state index in [9.17, 15) is 5.11 Å². The Morgan fingerprint density at radius 1 is 1.25 bits per heavy atom. The van der Waals surface area contributed by atoms with Crippen molar-refractivity contribution in [1.82, 2.24) is 0 Å². The summed E-state index contributed by atoms with van der Waals surface area (Å²) in [5, 5.41) is 18.9. The quantitative estimate of drug-likeness (QED) is 0.804. The summed E-state index contributed by atoms with van der Waals surface area (Å²) >= 11 is 6.02. The third-order valence-electron chi connectivity index (χ3n) is 2.46. The molecule has 0 amide bonds. The minimum atomic E-state index is -0.0827. The van der Waals surface area contributed by atoms with Gasteiger partial charge in [-0.2, -0.15) is 0 Å². The largest absolute Gasteiger partial charge is 0.395 e. The number of rotatable bonds is 6. The van der Waals surface area contributed by atoms with E-state index < -0.39 is 0 Å². The molecular formula is C12H18ClNO2. The zero-order valence-corrected chi connectivity index (χ0v) is 10.2. The molecule has 4 heteroatoms. The average Bonchev–Trinajstić information content (AvgIpc) is 2.28. The number of halogens is 1. The van der Waals surface area contributed by atoms with Gasteiger partial charge in [0.1, 0.15) is 0 Å². The van der Waals surface area contributed by atoms with Crippen LogP contribution in [0.2, 0.25) is 5.02 Å². The number of aliphatic hydroxyl groups is 2. The SMILES string of the molecule is CCCN(CCO)c1cccc(Cl)c1CO. The second-order valence-corrected chi connectivity index (χ2v) is 4.01. The maximum atomic E-state index is 9.31. The molecule has 1 aromatic rings. The van der Waals surface area contributed by atoms with Crippen molar-refractivity contribution in [2.75, 3.05) is 24.6 Å². The Hall–Kier alpha value is -0.770. The van der Waals surface area contributed by atoms with Crippen LogP contribution in [0.4, 0.5) is 5.69 Å². The Morgan fingerprint density at radius 3 is 2.56 bits per heavy atom. The Labute approximate surface area is 101 Å². The van der Waals surface area contributed by atoms with Crippen molar-refractivity contribution in [2.45, 2.75) is 20.0 Å². The monoisotopic (exact) mass is 243 g/mol. The van der Waals surface area contributed by atoms with Gasteiger partial charge in [-0.3, -0.25) is 0 Å². The van der Waals surface area contributed by atoms with E-state index in [1.54, 1.807) is 6.07 Å². The van der Waals surface area contributed by atoms with Crippen LogP contribution >= 0.6 is 11.6 Å². The van der Waals surface area contributed by atoms with Crippen LogP contribution in [0.15, 0.2) is 18.2 Å². The van der Waals surface area contributed by atoms with Gasteiger partial charge in [-0.25, -0.2) is 0 Å². The normalized spacial score (nSPS) is 10.5. The highest BCUT2D eigenvalue weighted by Gasteiger charge is 2.11. The lowest BCUT2D eigenvalue weighted by Gasteiger charge is -2.26. The van der Waals surface area contributed by atoms with Crippen LogP contribution in [-0.4, -0.2) is 29.9 Å². The maximum absolute atomic E-state index is 9.31. The molecule has 16 heavy (non-hydrogen) atoms. The molecule has 0 heterocycles. The lowest BCUT2D eigenvalue weighted by molar-refractivity contribution is 0.280. The minimum Gasteiger partial charge on any atom is -0.395 e. The molecule has 0 saturated carbocycles. The standard InChI is InChI=1S/C12H18ClNO2/c1-2-6-14(7-8-15)12-5-3-4-11(13)10(12)9-16/h3-5,15-16H,2,6-9H2,1H3. The fourth-order valence-electron chi connectivity index (χ4n) is 1.74. The van der Waals surface area contributed by atoms with E-state index >= 15 is 0 Å². The molecule has 0 unspecified atom stereocenters. The van der Waals surface area contributed by atoms with E-state index in [0.717, 1.165) is 24.2 Å². The first kappa shape index (κ1) is 13.3. The maximum Gasteiger partial charge on any atom is 0.0716 e. The number of hydrogen-bond acceptors (Lipinski definition) is 3. The molecule has 0 atom stereocenters. The molecule has 0 spiro atoms. The van der Waals surface area contributed by atoms with Crippen molar-refractivity contribution < 1.29 is 10.2 Å². The van der Waals surface area contributed by atoms with Gasteiger partial charge in [0.25, 0.3) is 0 Å². The van der Waals surface area contributed by atoms with Crippen molar-refractivity contribution in [3.63, 3.8) is 0 Å². The first-order chi connectivity index (χ1) is 7.74. The van der Waals surface area contributed by atoms with Crippen LogP contribution in [0.1, 0.15) is 18.9 Å². The summed E-state index contributed by atoms with van der Waals surface area (Å²) in [4.78, 5) is 2.04. The van der Waals surface area contributed by atoms with Gasteiger partial charge in [-0.1, -0.05) is 24.6 Å². The summed E-state index contributed by atoms with van der Waals surface area (Å²) in [6, 6.07) is 5.54. The third kappa shape index (κ3) is 3.11. The lowest BCUT2D eigenvalue weighted by atomic mass is 10.1. The molecule has 1 aromatic carbocycles. The van der Waals surface area contributed by atoms with Gasteiger partial charge < -0.3 is 15.1 Å². The molecule has 3 nitrogen and oxygen atoms in total. The number of nitrogens with zero attached hydrogens (tertiary/aromatic N) is 1. The lowest BCUT2D eigenvalue weighted by Crippen LogP contribution is -2.28. The number of hydrogen-bond donors (Lipinski definition) is 2. The minimum absolute atomic E-state index is 0.0827. The van der Waals surface area contributed by atoms with Crippen molar-refractivity contribution in [1.29, 1.82) is 0 Å². The van der Waals surface area contributed by atoms with Crippen LogP contribution in [0.25, 0.3) is 0 Å². The summed E-state index contributed by atoms with van der Waals surface area (Å²) in [6.45, 7) is 3.49. The second-order valence-electron chi connectivity index (χ2n) is 3.61. The third-order valence-corrected chi connectivity index (χ3v) is 2.81. The Bertz CT molecular complexity index is 325. The van der Waals surface area contributed by atoms with Gasteiger partial charge in [0.15, 0.2) is 0 Å². The van der Waals surface area contributed by atoms with Gasteiger partial charge in [0.2, 0.25) is 0 Å². The zero-order valence-electron chi connectivity index (χ0n) is 9.49. The molecule has 2 N–H and O–H groups in total. The van der Waals surface area contributed by atoms with E-state index in [-0.39, 0.29) is 13.2 Å². The molecule has 0 fully saturated rings. The van der Waals surface area contributed by atoms with Crippen molar-refractivity contribution in [2.24, 2.45) is 0 Å². The summed E-state index contributed by atoms with van der Waals surface area (Å²) in [5.74, 6) is 0. The highest BCUT2D eigenvalue weighted by molar-refractivity contribution is 6.31. The summed E-state index contributed by atoms with van der Waals surface area (Å²) in [5.41, 5.74) is 1.64. The molecule has 1 rings (SSSR count). The summed E-state index contributed by atoms with van der Waals surface area (Å²) in [6.07, 6.45) is 0.984. The van der Waals surface area contributed by atoms with E-state index in [2.05, 4.69) is 6.92 Å². The van der Waals surface area contributed by atoms with Gasteiger partial charge in [0, 0.05) is 29.4 Å². The topological polar surface area (TPSA) is 43.7 Å². The van der Waals surface area contributed by atoms with Gasteiger partial charge in [0.05, 0.1) is 13.2 Å². The first-order valence-corrected chi connectivity index (χ1v) is 5.86. The van der Waals surface area contributed by atoms with Gasteiger partial charge in [-0.15, -0.1) is 0 Å². The molecular weight excluding hydrogens is 226 g/mol. The van der Waals surface area contributed by atoms with E-state index in [1.165, 1.54) is 0 Å². The van der Waals surface area contributed by atoms with Crippen molar-refractivity contribution in [3.05, 3.63) is 28.8 Å². The van der Waals surface area contributed by atoms with Gasteiger partial charge >= 0.3 is 0 Å². The summed E-state index contributed by atoms with van der Waals surface area (Å²) < 4.78 is 0. The second kappa shape index (κ2) is 6.74. The average molecular weight is 244 g/mol. The van der Waals surface area contributed by atoms with Gasteiger partial charge in [-0.05, 0) is 18.6 Å². The van der Waals surface area contributed by atoms with Crippen molar-refractivity contribution >= 4 is 17.3 Å². The fourth-order valence-corrected chi connectivity index (χ4v) is 1.97. The smallest absolute Gasteiger partial charge is 0.0716 e. The highest BCUT2D eigenvalue weighted by atomic mass is 35.5. The van der Waals surface area contributed by atoms with Crippen molar-refractivity contribution in [3.8, 4) is 0 Å². The predicted molar refractivity (Wildman–Crippen MR) is 67.0 cm³/mol. The first-order valence-electron chi connectivity index (χ1n) is 5.48. The number of aliphatic hydroxyl groups excluding tert-OH is 2. The zero-order chi connectivity index (χ0) is 12.0. The fraction of sp³-hybridized carbons (Fsp3) is 0.500. The molecule has 0 aliphatic rings. The molecule has 90 valence electrons. The van der Waals surface area contributed by atoms with Crippen LogP contribution in [-0.2, 0) is 6.61 Å². The van der Waals surface area contributed by atoms with Crippen LogP contribution < -0.4 is 4.90 Å². The highest BCUT2D eigenvalue weighted by Crippen LogP contribution is 2.27. The van der Waals surface area contributed by atoms with E-state index in [0.29, 0.717) is 11.6 Å². The van der Waals surface area contributed by atoms with Crippen LogP contribution in [0.5, 0.6) is 0 Å². The van der Waals surface area contributed by atoms with Crippen LogP contribution in [0.3, 0.4) is 0 Å². The molecule has 0 saturated heterocycles. The number of anilines is 1. The predicted octanol–water partition coefficient (Wildman–Crippen LogP) is 2.04. The number of benzene rings is 1. The Morgan fingerprint density at radius 2 is 2.00 bits per heavy atom. The molecule has 0 aromatic heterocycles. The van der Waals surface area contributed by atoms with E-state index in [4.69, 9.17) is 16.7 Å². The van der Waals surface area contributed by atoms with Crippen LogP contribution in [0, 0.1) is 0 Å². The molecule has 0 radical (unpaired) electrons. The summed E-state index contributed by atoms with van der Waals surface area (Å²) in [7, 11) is 0. The molecule has 0 aliphatic carbocycles. The Balaban J connectivity index is 3.02. The molecule has 0 aliphatic heterocycles.